The van der Waals surface area contributed by atoms with Gasteiger partial charge in [0.2, 0.25) is 5.91 Å². The van der Waals surface area contributed by atoms with Crippen molar-refractivity contribution in [3.63, 3.8) is 0 Å². The zero-order valence-corrected chi connectivity index (χ0v) is 13.6. The largest absolute Gasteiger partial charge is 0.331 e. The second-order valence-corrected chi connectivity index (χ2v) is 6.30. The Bertz CT molecular complexity index is 545. The van der Waals surface area contributed by atoms with E-state index in [1.165, 1.54) is 6.07 Å². The fourth-order valence-corrected chi connectivity index (χ4v) is 2.98. The number of anilines is 1. The predicted molar refractivity (Wildman–Crippen MR) is 87.8 cm³/mol. The molecule has 1 amide bonds. The van der Waals surface area contributed by atoms with Crippen LogP contribution in [0.15, 0.2) is 12.1 Å². The molecule has 0 atom stereocenters. The zero-order valence-electron chi connectivity index (χ0n) is 10.5. The first kappa shape index (κ1) is 15.8. The van der Waals surface area contributed by atoms with E-state index < -0.39 is 0 Å². The lowest BCUT2D eigenvalue weighted by Gasteiger charge is -2.14. The van der Waals surface area contributed by atoms with E-state index in [1.54, 1.807) is 6.07 Å². The van der Waals surface area contributed by atoms with Crippen LogP contribution in [0, 0.1) is 5.92 Å². The molecule has 0 heterocycles. The van der Waals surface area contributed by atoms with Crippen molar-refractivity contribution in [2.75, 3.05) is 5.32 Å². The number of carbonyl (C=O) groups excluding carboxylic acids is 1. The Balaban J connectivity index is 1.97. The van der Waals surface area contributed by atoms with Crippen molar-refractivity contribution in [2.45, 2.75) is 25.7 Å². The summed E-state index contributed by atoms with van der Waals surface area (Å²) >= 11 is 22.9. The lowest BCUT2D eigenvalue weighted by atomic mass is 10.1. The monoisotopic (exact) mass is 350 g/mol. The summed E-state index contributed by atoms with van der Waals surface area (Å²) in [6.07, 6.45) is 4.03. The normalized spacial score (nSPS) is 15.2. The maximum Gasteiger partial charge on any atom is 0.229 e. The summed E-state index contributed by atoms with van der Waals surface area (Å²) in [6.45, 7) is 0. The molecule has 20 heavy (non-hydrogen) atoms. The molecule has 2 rings (SSSR count). The Hall–Kier alpha value is -0.550. The number of thiocarbonyl (C=S) groups is 1. The Morgan fingerprint density at radius 2 is 1.70 bits per heavy atom. The van der Waals surface area contributed by atoms with E-state index in [4.69, 9.17) is 47.0 Å². The first-order chi connectivity index (χ1) is 9.47. The molecular formula is C13H13Cl3N2OS. The average Bonchev–Trinajstić information content (AvgIpc) is 2.89. The molecule has 0 spiro atoms. The molecule has 1 fully saturated rings. The van der Waals surface area contributed by atoms with Gasteiger partial charge in [0.15, 0.2) is 5.11 Å². The first-order valence-corrected chi connectivity index (χ1v) is 7.78. The maximum atomic E-state index is 11.9. The van der Waals surface area contributed by atoms with E-state index in [-0.39, 0.29) is 16.9 Å². The molecule has 0 bridgehead atoms. The van der Waals surface area contributed by atoms with Crippen molar-refractivity contribution in [3.05, 3.63) is 27.2 Å². The zero-order chi connectivity index (χ0) is 14.7. The van der Waals surface area contributed by atoms with Crippen LogP contribution in [0.4, 0.5) is 5.69 Å². The fourth-order valence-electron chi connectivity index (χ4n) is 2.17. The highest BCUT2D eigenvalue weighted by atomic mass is 35.5. The Morgan fingerprint density at radius 1 is 1.10 bits per heavy atom. The number of halogens is 3. The maximum absolute atomic E-state index is 11.9. The standard InChI is InChI=1S/C13H13Cl3N2OS/c14-8-5-10(16)11(6-9(8)15)17-13(20)18-12(19)7-3-1-2-4-7/h5-7H,1-4H2,(H2,17,18,19,20). The van der Waals surface area contributed by atoms with Gasteiger partial charge < -0.3 is 10.6 Å². The lowest BCUT2D eigenvalue weighted by Crippen LogP contribution is -2.37. The minimum atomic E-state index is -0.0452. The van der Waals surface area contributed by atoms with Crippen LogP contribution in [0.1, 0.15) is 25.7 Å². The summed E-state index contributed by atoms with van der Waals surface area (Å²) < 4.78 is 0. The number of benzene rings is 1. The van der Waals surface area contributed by atoms with Crippen LogP contribution < -0.4 is 10.6 Å². The van der Waals surface area contributed by atoms with Crippen LogP contribution in [0.3, 0.4) is 0 Å². The molecule has 108 valence electrons. The second-order valence-electron chi connectivity index (χ2n) is 4.67. The third-order valence-corrected chi connectivity index (χ3v) is 4.46. The molecule has 0 radical (unpaired) electrons. The molecule has 3 nitrogen and oxygen atoms in total. The highest BCUT2D eigenvalue weighted by molar-refractivity contribution is 7.80. The molecule has 0 aromatic heterocycles. The van der Waals surface area contributed by atoms with Gasteiger partial charge in [-0.3, -0.25) is 4.79 Å². The van der Waals surface area contributed by atoms with Gasteiger partial charge in [-0.25, -0.2) is 0 Å². The minimum absolute atomic E-state index is 0.0452. The van der Waals surface area contributed by atoms with Gasteiger partial charge in [-0.2, -0.15) is 0 Å². The molecule has 0 saturated heterocycles. The van der Waals surface area contributed by atoms with Gasteiger partial charge in [-0.15, -0.1) is 0 Å². The molecule has 1 aromatic rings. The van der Waals surface area contributed by atoms with E-state index in [1.807, 2.05) is 0 Å². The van der Waals surface area contributed by atoms with E-state index >= 15 is 0 Å². The summed E-state index contributed by atoms with van der Waals surface area (Å²) in [5.74, 6) is 0.00945. The van der Waals surface area contributed by atoms with Crippen molar-refractivity contribution in [2.24, 2.45) is 5.92 Å². The van der Waals surface area contributed by atoms with Gasteiger partial charge in [0.25, 0.3) is 0 Å². The summed E-state index contributed by atoms with van der Waals surface area (Å²) in [5.41, 5.74) is 0.512. The molecule has 0 unspecified atom stereocenters. The summed E-state index contributed by atoms with van der Waals surface area (Å²) in [4.78, 5) is 11.9. The second kappa shape index (κ2) is 6.94. The topological polar surface area (TPSA) is 41.1 Å². The third kappa shape index (κ3) is 3.98. The van der Waals surface area contributed by atoms with Crippen molar-refractivity contribution in [1.29, 1.82) is 0 Å². The van der Waals surface area contributed by atoms with Crippen molar-refractivity contribution >= 4 is 63.7 Å². The molecule has 2 N–H and O–H groups in total. The van der Waals surface area contributed by atoms with Gasteiger partial charge in [-0.05, 0) is 37.2 Å². The molecule has 1 aliphatic carbocycles. The Morgan fingerprint density at radius 3 is 2.35 bits per heavy atom. The van der Waals surface area contributed by atoms with E-state index in [0.717, 1.165) is 25.7 Å². The van der Waals surface area contributed by atoms with Crippen LogP contribution in [-0.2, 0) is 4.79 Å². The fraction of sp³-hybridized carbons (Fsp3) is 0.385. The van der Waals surface area contributed by atoms with Crippen LogP contribution in [-0.4, -0.2) is 11.0 Å². The summed E-state index contributed by atoms with van der Waals surface area (Å²) in [6, 6.07) is 3.09. The number of nitrogens with one attached hydrogen (secondary N) is 2. The molecule has 1 aromatic carbocycles. The van der Waals surface area contributed by atoms with Crippen molar-refractivity contribution < 1.29 is 4.79 Å². The highest BCUT2D eigenvalue weighted by Gasteiger charge is 2.23. The van der Waals surface area contributed by atoms with Gasteiger partial charge in [0.1, 0.15) is 0 Å². The molecule has 0 aliphatic heterocycles. The van der Waals surface area contributed by atoms with Crippen molar-refractivity contribution in [3.8, 4) is 0 Å². The smallest absolute Gasteiger partial charge is 0.229 e. The van der Waals surface area contributed by atoms with E-state index in [2.05, 4.69) is 10.6 Å². The highest BCUT2D eigenvalue weighted by Crippen LogP contribution is 2.32. The van der Waals surface area contributed by atoms with Crippen LogP contribution in [0.5, 0.6) is 0 Å². The number of carbonyl (C=O) groups is 1. The van der Waals surface area contributed by atoms with Crippen molar-refractivity contribution in [1.82, 2.24) is 5.32 Å². The molecule has 1 saturated carbocycles. The van der Waals surface area contributed by atoms with E-state index in [0.29, 0.717) is 20.8 Å². The average molecular weight is 352 g/mol. The predicted octanol–water partition coefficient (Wildman–Crippen LogP) is 4.65. The molecule has 1 aliphatic rings. The Kier molecular flexibility index (Phi) is 5.49. The van der Waals surface area contributed by atoms with Crippen LogP contribution >= 0.6 is 47.0 Å². The summed E-state index contributed by atoms with van der Waals surface area (Å²) in [5, 5.41) is 6.86. The quantitative estimate of drug-likeness (QED) is 0.602. The third-order valence-electron chi connectivity index (χ3n) is 3.22. The number of hydrogen-bond acceptors (Lipinski definition) is 2. The van der Waals surface area contributed by atoms with Gasteiger partial charge in [0.05, 0.1) is 20.8 Å². The van der Waals surface area contributed by atoms with E-state index in [9.17, 15) is 4.79 Å². The molecule has 7 heteroatoms. The number of amides is 1. The SMILES string of the molecule is O=C(NC(=S)Nc1cc(Cl)c(Cl)cc1Cl)C1CCCC1. The van der Waals surface area contributed by atoms with Crippen LogP contribution in [0.2, 0.25) is 15.1 Å². The minimum Gasteiger partial charge on any atom is -0.331 e. The lowest BCUT2D eigenvalue weighted by molar-refractivity contribution is -0.123. The molecular weight excluding hydrogens is 339 g/mol. The summed E-state index contributed by atoms with van der Waals surface area (Å²) in [7, 11) is 0. The van der Waals surface area contributed by atoms with Gasteiger partial charge in [-0.1, -0.05) is 47.6 Å². The van der Waals surface area contributed by atoms with Crippen LogP contribution in [0.25, 0.3) is 0 Å². The van der Waals surface area contributed by atoms with Gasteiger partial charge in [0, 0.05) is 5.92 Å². The number of rotatable bonds is 2. The van der Waals surface area contributed by atoms with Gasteiger partial charge >= 0.3 is 0 Å². The Labute approximate surface area is 138 Å². The number of hydrogen-bond donors (Lipinski definition) is 2. The first-order valence-electron chi connectivity index (χ1n) is 6.24.